The minimum Gasteiger partial charge on any atom is -0.369 e. The molecule has 1 aromatic heterocycles. The predicted octanol–water partition coefficient (Wildman–Crippen LogP) is 3.94. The van der Waals surface area contributed by atoms with E-state index in [0.717, 1.165) is 16.1 Å². The Morgan fingerprint density at radius 2 is 1.63 bits per heavy atom. The van der Waals surface area contributed by atoms with Gasteiger partial charge in [-0.25, -0.2) is 9.69 Å². The van der Waals surface area contributed by atoms with Gasteiger partial charge in [-0.1, -0.05) is 36.4 Å². The molecule has 180 valence electrons. The van der Waals surface area contributed by atoms with Gasteiger partial charge < -0.3 is 9.80 Å². The Morgan fingerprint density at radius 3 is 2.26 bits per heavy atom. The van der Waals surface area contributed by atoms with E-state index >= 15 is 0 Å². The van der Waals surface area contributed by atoms with E-state index in [2.05, 4.69) is 9.80 Å². The van der Waals surface area contributed by atoms with Crippen molar-refractivity contribution < 1.29 is 14.5 Å². The van der Waals surface area contributed by atoms with Crippen LogP contribution in [0.4, 0.5) is 16.2 Å². The minimum atomic E-state index is -0.607. The number of nitro benzene ring substituents is 1. The Morgan fingerprint density at radius 1 is 0.914 bits per heavy atom. The lowest BCUT2D eigenvalue weighted by molar-refractivity contribution is -0.384. The van der Waals surface area contributed by atoms with Gasteiger partial charge in [0.15, 0.2) is 0 Å². The molecule has 3 amide bonds. The first-order chi connectivity index (χ1) is 17.0. The molecule has 2 aromatic carbocycles. The van der Waals surface area contributed by atoms with Gasteiger partial charge in [0, 0.05) is 55.4 Å². The number of imide groups is 1. The van der Waals surface area contributed by atoms with E-state index in [4.69, 9.17) is 0 Å². The number of thiophene rings is 1. The zero-order valence-corrected chi connectivity index (χ0v) is 19.8. The lowest BCUT2D eigenvalue weighted by Crippen LogP contribution is -2.51. The van der Waals surface area contributed by atoms with E-state index in [1.54, 1.807) is 17.0 Å². The van der Waals surface area contributed by atoms with Gasteiger partial charge in [0.2, 0.25) is 0 Å². The summed E-state index contributed by atoms with van der Waals surface area (Å²) in [7, 11) is 0. The highest BCUT2D eigenvalue weighted by Crippen LogP contribution is 2.35. The van der Waals surface area contributed by atoms with Crippen LogP contribution in [0.25, 0.3) is 0 Å². The molecule has 0 spiro atoms. The molecule has 5 rings (SSSR count). The van der Waals surface area contributed by atoms with E-state index in [9.17, 15) is 19.7 Å². The maximum absolute atomic E-state index is 13.4. The number of carbonyl (C=O) groups excluding carboxylic acids is 2. The number of hydrogen-bond acceptors (Lipinski definition) is 7. The molecule has 10 heteroatoms. The van der Waals surface area contributed by atoms with Crippen LogP contribution in [0.2, 0.25) is 0 Å². The quantitative estimate of drug-likeness (QED) is 0.283. The number of piperazine rings is 1. The fraction of sp³-hybridized carbons (Fsp3) is 0.280. The second-order valence-corrected chi connectivity index (χ2v) is 9.58. The van der Waals surface area contributed by atoms with Crippen molar-refractivity contribution in [3.63, 3.8) is 0 Å². The molecule has 3 heterocycles. The number of anilines is 1. The zero-order valence-electron chi connectivity index (χ0n) is 19.0. The maximum Gasteiger partial charge on any atom is 0.329 e. The number of benzene rings is 2. The Hall–Kier alpha value is -3.76. The van der Waals surface area contributed by atoms with Crippen LogP contribution in [0.15, 0.2) is 72.1 Å². The third kappa shape index (κ3) is 4.75. The number of carbonyl (C=O) groups is 2. The van der Waals surface area contributed by atoms with Crippen LogP contribution >= 0.6 is 11.3 Å². The molecular weight excluding hydrogens is 466 g/mol. The Kier molecular flexibility index (Phi) is 6.47. The molecule has 35 heavy (non-hydrogen) atoms. The van der Waals surface area contributed by atoms with Crippen molar-refractivity contribution in [3.8, 4) is 0 Å². The number of rotatable bonds is 7. The minimum absolute atomic E-state index is 0.0683. The van der Waals surface area contributed by atoms with Gasteiger partial charge in [-0.3, -0.25) is 19.8 Å². The molecule has 2 aliphatic rings. The van der Waals surface area contributed by atoms with Gasteiger partial charge in [-0.2, -0.15) is 0 Å². The van der Waals surface area contributed by atoms with Gasteiger partial charge in [-0.05, 0) is 29.1 Å². The highest BCUT2D eigenvalue weighted by atomic mass is 32.1. The topological polar surface area (TPSA) is 90.2 Å². The van der Waals surface area contributed by atoms with Gasteiger partial charge in [-0.15, -0.1) is 11.3 Å². The van der Waals surface area contributed by atoms with Gasteiger partial charge in [0.25, 0.3) is 11.6 Å². The van der Waals surface area contributed by atoms with Crippen LogP contribution in [0, 0.1) is 10.1 Å². The van der Waals surface area contributed by atoms with E-state index in [-0.39, 0.29) is 24.3 Å². The Balaban J connectivity index is 1.26. The largest absolute Gasteiger partial charge is 0.369 e. The third-order valence-corrected chi connectivity index (χ3v) is 7.36. The molecule has 0 saturated carbocycles. The van der Waals surface area contributed by atoms with Crippen molar-refractivity contribution in [2.75, 3.05) is 37.7 Å². The number of non-ortho nitro benzene ring substituents is 1. The average molecular weight is 492 g/mol. The normalized spacial score (nSPS) is 19.0. The van der Waals surface area contributed by atoms with Crippen molar-refractivity contribution in [2.24, 2.45) is 0 Å². The van der Waals surface area contributed by atoms with Crippen LogP contribution in [-0.4, -0.2) is 64.4 Å². The fourth-order valence-corrected chi connectivity index (χ4v) is 5.39. The molecule has 2 saturated heterocycles. The molecule has 2 aliphatic heterocycles. The third-order valence-electron chi connectivity index (χ3n) is 6.44. The second kappa shape index (κ2) is 9.85. The van der Waals surface area contributed by atoms with Crippen molar-refractivity contribution in [1.29, 1.82) is 0 Å². The zero-order chi connectivity index (χ0) is 24.4. The molecule has 0 N–H and O–H groups in total. The van der Waals surface area contributed by atoms with Crippen molar-refractivity contribution in [2.45, 2.75) is 12.6 Å². The van der Waals surface area contributed by atoms with Gasteiger partial charge >= 0.3 is 6.03 Å². The van der Waals surface area contributed by atoms with E-state index in [1.165, 1.54) is 28.4 Å². The average Bonchev–Trinajstić information content (AvgIpc) is 3.48. The molecule has 0 aliphatic carbocycles. The number of hydrogen-bond donors (Lipinski definition) is 0. The van der Waals surface area contributed by atoms with Gasteiger partial charge in [0.1, 0.15) is 6.04 Å². The highest BCUT2D eigenvalue weighted by Gasteiger charge is 2.46. The lowest BCUT2D eigenvalue weighted by Gasteiger charge is -2.37. The fourth-order valence-electron chi connectivity index (χ4n) is 4.56. The molecule has 0 unspecified atom stereocenters. The second-order valence-electron chi connectivity index (χ2n) is 8.60. The summed E-state index contributed by atoms with van der Waals surface area (Å²) in [5.74, 6) is -0.189. The van der Waals surface area contributed by atoms with Crippen LogP contribution in [0.5, 0.6) is 0 Å². The number of nitro groups is 1. The first kappa shape index (κ1) is 23.0. The highest BCUT2D eigenvalue weighted by molar-refractivity contribution is 7.10. The van der Waals surface area contributed by atoms with Crippen LogP contribution in [0.1, 0.15) is 16.5 Å². The molecule has 9 nitrogen and oxygen atoms in total. The summed E-state index contributed by atoms with van der Waals surface area (Å²) < 4.78 is 0. The first-order valence-corrected chi connectivity index (χ1v) is 12.3. The molecule has 0 radical (unpaired) electrons. The monoisotopic (exact) mass is 491 g/mol. The van der Waals surface area contributed by atoms with Gasteiger partial charge in [0.05, 0.1) is 11.6 Å². The van der Waals surface area contributed by atoms with E-state index < -0.39 is 11.0 Å². The standard InChI is InChI=1S/C25H25N5O4S/c31-24-23(22-7-4-16-35-22)28(17-19-5-2-1-3-6-19)25(32)29(24)18-26-12-14-27(15-13-26)20-8-10-21(11-9-20)30(33)34/h1-11,16,23H,12-15,17-18H2/t23-/m0/s1. The summed E-state index contributed by atoms with van der Waals surface area (Å²) in [5, 5.41) is 12.8. The van der Waals surface area contributed by atoms with Crippen LogP contribution in [0.3, 0.4) is 0 Å². The SMILES string of the molecule is O=C1[C@H](c2cccs2)N(Cc2ccccc2)C(=O)N1CN1CCN(c2ccc([N+](=O)[O-])cc2)CC1. The molecule has 1 atom stereocenters. The molecule has 2 fully saturated rings. The molecule has 3 aromatic rings. The lowest BCUT2D eigenvalue weighted by atomic mass is 10.1. The number of nitrogens with zero attached hydrogens (tertiary/aromatic N) is 5. The number of urea groups is 1. The predicted molar refractivity (Wildman–Crippen MR) is 133 cm³/mol. The summed E-state index contributed by atoms with van der Waals surface area (Å²) in [6.07, 6.45) is 0. The molecule has 0 bridgehead atoms. The number of amides is 3. The summed E-state index contributed by atoms with van der Waals surface area (Å²) in [5.41, 5.74) is 1.97. The van der Waals surface area contributed by atoms with Crippen molar-refractivity contribution in [3.05, 3.63) is 92.7 Å². The Labute approximate surface area is 206 Å². The van der Waals surface area contributed by atoms with Crippen LogP contribution < -0.4 is 4.90 Å². The molecular formula is C25H25N5O4S. The Bertz CT molecular complexity index is 1190. The first-order valence-electron chi connectivity index (χ1n) is 11.4. The summed E-state index contributed by atoms with van der Waals surface area (Å²) >= 11 is 1.49. The maximum atomic E-state index is 13.4. The van der Waals surface area contributed by atoms with Crippen LogP contribution in [-0.2, 0) is 11.3 Å². The van der Waals surface area contributed by atoms with Crippen molar-refractivity contribution in [1.82, 2.24) is 14.7 Å². The summed E-state index contributed by atoms with van der Waals surface area (Å²) in [6, 6.07) is 19.2. The van der Waals surface area contributed by atoms with Crippen molar-refractivity contribution >= 4 is 34.6 Å². The smallest absolute Gasteiger partial charge is 0.329 e. The summed E-state index contributed by atoms with van der Waals surface area (Å²) in [4.78, 5) is 45.5. The van der Waals surface area contributed by atoms with E-state index in [0.29, 0.717) is 32.7 Å². The van der Waals surface area contributed by atoms with E-state index in [1.807, 2.05) is 47.8 Å². The summed E-state index contributed by atoms with van der Waals surface area (Å²) in [6.45, 7) is 3.39.